The highest BCUT2D eigenvalue weighted by Gasteiger charge is 2.06. The van der Waals surface area contributed by atoms with Crippen molar-refractivity contribution in [3.63, 3.8) is 0 Å². The number of carbonyl (C=O) groups excluding carboxylic acids is 1. The fourth-order valence-electron chi connectivity index (χ4n) is 1.45. The Hall–Kier alpha value is -2.23. The summed E-state index contributed by atoms with van der Waals surface area (Å²) in [5, 5.41) is 0. The van der Waals surface area contributed by atoms with Crippen molar-refractivity contribution < 1.29 is 9.18 Å². The molecule has 0 radical (unpaired) electrons. The van der Waals surface area contributed by atoms with Gasteiger partial charge in [-0.2, -0.15) is 0 Å². The second kappa shape index (κ2) is 4.10. The lowest BCUT2D eigenvalue weighted by molar-refractivity contribution is 0.112. The van der Waals surface area contributed by atoms with Gasteiger partial charge >= 0.3 is 0 Å². The van der Waals surface area contributed by atoms with Gasteiger partial charge in [-0.1, -0.05) is 12.1 Å². The number of nitrogens with two attached hydrogens (primary N) is 1. The maximum Gasteiger partial charge on any atom is 0.169 e. The summed E-state index contributed by atoms with van der Waals surface area (Å²) in [6.45, 7) is 0. The summed E-state index contributed by atoms with van der Waals surface area (Å²) in [7, 11) is 0. The van der Waals surface area contributed by atoms with Crippen molar-refractivity contribution in [3.05, 3.63) is 47.9 Å². The largest absolute Gasteiger partial charge is 0.384 e. The molecule has 2 aromatic rings. The Morgan fingerprint density at radius 3 is 2.44 bits per heavy atom. The highest BCUT2D eigenvalue weighted by molar-refractivity contribution is 5.85. The van der Waals surface area contributed by atoms with Gasteiger partial charge in [0.1, 0.15) is 17.3 Å². The molecule has 1 aromatic carbocycles. The molecule has 0 atom stereocenters. The van der Waals surface area contributed by atoms with Gasteiger partial charge in [0.2, 0.25) is 0 Å². The minimum absolute atomic E-state index is 0.256. The first-order valence-corrected chi connectivity index (χ1v) is 4.68. The van der Waals surface area contributed by atoms with Gasteiger partial charge in [0.05, 0.1) is 0 Å². The van der Waals surface area contributed by atoms with Gasteiger partial charge in [0, 0.05) is 5.56 Å². The van der Waals surface area contributed by atoms with Crippen molar-refractivity contribution in [1.29, 1.82) is 0 Å². The molecule has 0 saturated carbocycles. The number of nitrogens with zero attached hydrogens (tertiary/aromatic N) is 1. The Kier molecular flexibility index (Phi) is 2.64. The number of aldehydes is 1. The number of hydrogen-bond acceptors (Lipinski definition) is 3. The fourth-order valence-corrected chi connectivity index (χ4v) is 1.45. The van der Waals surface area contributed by atoms with E-state index in [1.807, 2.05) is 0 Å². The lowest BCUT2D eigenvalue weighted by Crippen LogP contribution is -1.97. The van der Waals surface area contributed by atoms with E-state index in [0.29, 0.717) is 11.8 Å². The van der Waals surface area contributed by atoms with Crippen LogP contribution in [0.4, 0.5) is 10.2 Å². The lowest BCUT2D eigenvalue weighted by Gasteiger charge is -2.04. The van der Waals surface area contributed by atoms with Crippen molar-refractivity contribution in [2.75, 3.05) is 5.73 Å². The molecule has 2 N–H and O–H groups in total. The molecule has 1 heterocycles. The van der Waals surface area contributed by atoms with E-state index in [9.17, 15) is 9.18 Å². The number of pyridine rings is 1. The third-order valence-electron chi connectivity index (χ3n) is 2.21. The molecule has 0 aliphatic heterocycles. The maximum absolute atomic E-state index is 12.7. The summed E-state index contributed by atoms with van der Waals surface area (Å²) in [4.78, 5) is 14.7. The van der Waals surface area contributed by atoms with Crippen LogP contribution in [0.3, 0.4) is 0 Å². The first-order valence-electron chi connectivity index (χ1n) is 4.68. The van der Waals surface area contributed by atoms with Crippen molar-refractivity contribution >= 4 is 12.1 Å². The van der Waals surface area contributed by atoms with Crippen LogP contribution in [-0.2, 0) is 0 Å². The average molecular weight is 216 g/mol. The Morgan fingerprint density at radius 1 is 1.12 bits per heavy atom. The van der Waals surface area contributed by atoms with Gasteiger partial charge in [-0.05, 0) is 29.8 Å². The van der Waals surface area contributed by atoms with E-state index in [-0.39, 0.29) is 17.3 Å². The molecule has 1 aromatic heterocycles. The topological polar surface area (TPSA) is 56.0 Å². The van der Waals surface area contributed by atoms with Crippen LogP contribution < -0.4 is 5.73 Å². The van der Waals surface area contributed by atoms with E-state index in [4.69, 9.17) is 5.73 Å². The quantitative estimate of drug-likeness (QED) is 0.783. The minimum Gasteiger partial charge on any atom is -0.384 e. The molecule has 0 saturated heterocycles. The molecular formula is C12H9FN2O. The van der Waals surface area contributed by atoms with E-state index in [0.717, 1.165) is 5.56 Å². The van der Waals surface area contributed by atoms with E-state index in [2.05, 4.69) is 4.98 Å². The predicted molar refractivity (Wildman–Crippen MR) is 59.4 cm³/mol. The van der Waals surface area contributed by atoms with Crippen LogP contribution in [0.5, 0.6) is 0 Å². The molecule has 0 unspecified atom stereocenters. The number of benzene rings is 1. The molecule has 3 nitrogen and oxygen atoms in total. The number of hydrogen-bond donors (Lipinski definition) is 1. The summed E-state index contributed by atoms with van der Waals surface area (Å²) < 4.78 is 12.7. The maximum atomic E-state index is 12.7. The third-order valence-corrected chi connectivity index (χ3v) is 2.21. The van der Waals surface area contributed by atoms with Crippen LogP contribution in [0.1, 0.15) is 10.5 Å². The first kappa shape index (κ1) is 10.3. The molecule has 0 amide bonds. The molecule has 4 heteroatoms. The van der Waals surface area contributed by atoms with Crippen LogP contribution in [0.15, 0.2) is 36.4 Å². The van der Waals surface area contributed by atoms with Crippen molar-refractivity contribution in [3.8, 4) is 11.1 Å². The molecule has 2 rings (SSSR count). The van der Waals surface area contributed by atoms with Crippen molar-refractivity contribution in [1.82, 2.24) is 4.98 Å². The molecule has 0 spiro atoms. The molecular weight excluding hydrogens is 207 g/mol. The number of rotatable bonds is 2. The van der Waals surface area contributed by atoms with Gasteiger partial charge in [0.25, 0.3) is 0 Å². The van der Waals surface area contributed by atoms with E-state index >= 15 is 0 Å². The minimum atomic E-state index is -0.320. The zero-order chi connectivity index (χ0) is 11.5. The summed E-state index contributed by atoms with van der Waals surface area (Å²) in [6.07, 6.45) is 0.634. The predicted octanol–water partition coefficient (Wildman–Crippen LogP) is 2.28. The SMILES string of the molecule is Nc1ccc(-c2ccc(F)cc2)c(C=O)n1. The van der Waals surface area contributed by atoms with Crippen LogP contribution in [0, 0.1) is 5.82 Å². The van der Waals surface area contributed by atoms with Crippen molar-refractivity contribution in [2.45, 2.75) is 0 Å². The average Bonchev–Trinajstić information content (AvgIpc) is 2.30. The van der Waals surface area contributed by atoms with E-state index in [1.165, 1.54) is 12.1 Å². The Labute approximate surface area is 91.7 Å². The van der Waals surface area contributed by atoms with Gasteiger partial charge < -0.3 is 5.73 Å². The summed E-state index contributed by atoms with van der Waals surface area (Å²) >= 11 is 0. The lowest BCUT2D eigenvalue weighted by atomic mass is 10.0. The molecule has 16 heavy (non-hydrogen) atoms. The molecule has 0 aliphatic carbocycles. The molecule has 0 fully saturated rings. The van der Waals surface area contributed by atoms with Gasteiger partial charge in [0.15, 0.2) is 6.29 Å². The monoisotopic (exact) mass is 216 g/mol. The fraction of sp³-hybridized carbons (Fsp3) is 0. The zero-order valence-electron chi connectivity index (χ0n) is 8.35. The second-order valence-corrected chi connectivity index (χ2v) is 3.29. The highest BCUT2D eigenvalue weighted by Crippen LogP contribution is 2.22. The first-order chi connectivity index (χ1) is 7.70. The molecule has 80 valence electrons. The normalized spacial score (nSPS) is 10.1. The summed E-state index contributed by atoms with van der Waals surface area (Å²) in [5.74, 6) is -0.0345. The van der Waals surface area contributed by atoms with Crippen LogP contribution in [0.25, 0.3) is 11.1 Å². The van der Waals surface area contributed by atoms with Gasteiger partial charge in [-0.25, -0.2) is 9.37 Å². The standard InChI is InChI=1S/C12H9FN2O/c13-9-3-1-8(2-4-9)10-5-6-12(14)15-11(10)7-16/h1-7H,(H2,14,15). The summed E-state index contributed by atoms with van der Waals surface area (Å²) in [6, 6.07) is 9.15. The smallest absolute Gasteiger partial charge is 0.169 e. The number of carbonyl (C=O) groups is 1. The number of aromatic nitrogens is 1. The molecule has 0 aliphatic rings. The second-order valence-electron chi connectivity index (χ2n) is 3.29. The van der Waals surface area contributed by atoms with Gasteiger partial charge in [-0.15, -0.1) is 0 Å². The number of nitrogen functional groups attached to an aromatic ring is 1. The summed E-state index contributed by atoms with van der Waals surface area (Å²) in [5.41, 5.74) is 7.11. The zero-order valence-corrected chi connectivity index (χ0v) is 8.35. The van der Waals surface area contributed by atoms with Crippen LogP contribution in [0.2, 0.25) is 0 Å². The molecule has 0 bridgehead atoms. The third kappa shape index (κ3) is 1.91. The Bertz CT molecular complexity index is 523. The highest BCUT2D eigenvalue weighted by atomic mass is 19.1. The Morgan fingerprint density at radius 2 is 1.81 bits per heavy atom. The van der Waals surface area contributed by atoms with Crippen LogP contribution in [-0.4, -0.2) is 11.3 Å². The van der Waals surface area contributed by atoms with Crippen LogP contribution >= 0.6 is 0 Å². The Balaban J connectivity index is 2.55. The van der Waals surface area contributed by atoms with Gasteiger partial charge in [-0.3, -0.25) is 4.79 Å². The van der Waals surface area contributed by atoms with Crippen molar-refractivity contribution in [2.24, 2.45) is 0 Å². The number of anilines is 1. The van der Waals surface area contributed by atoms with E-state index in [1.54, 1.807) is 24.3 Å². The van der Waals surface area contributed by atoms with E-state index < -0.39 is 0 Å². The number of halogens is 1.